The predicted octanol–water partition coefficient (Wildman–Crippen LogP) is 1.52. The van der Waals surface area contributed by atoms with Crippen LogP contribution in [0.2, 0.25) is 0 Å². The summed E-state index contributed by atoms with van der Waals surface area (Å²) in [4.78, 5) is 10.3. The Labute approximate surface area is 94.7 Å². The van der Waals surface area contributed by atoms with Crippen LogP contribution in [0.15, 0.2) is 24.3 Å². The van der Waals surface area contributed by atoms with Gasteiger partial charge in [-0.2, -0.15) is 0 Å². The maximum absolute atomic E-state index is 10.3. The molecule has 1 aromatic rings. The second-order valence-corrected chi connectivity index (χ2v) is 3.90. The Morgan fingerprint density at radius 1 is 1.25 bits per heavy atom. The van der Waals surface area contributed by atoms with Gasteiger partial charge in [0.25, 0.3) is 0 Å². The van der Waals surface area contributed by atoms with E-state index in [-0.39, 0.29) is 18.2 Å². The minimum absolute atomic E-state index is 0.0788. The Morgan fingerprint density at radius 3 is 2.44 bits per heavy atom. The largest absolute Gasteiger partial charge is 0.508 e. The average Bonchev–Trinajstić information content (AvgIpc) is 2.25. The molecule has 0 aliphatic heterocycles. The molecule has 4 nitrogen and oxygen atoms in total. The number of rotatable bonds is 6. The lowest BCUT2D eigenvalue weighted by molar-refractivity contribution is -0.137. The molecular weight excluding hydrogens is 206 g/mol. The van der Waals surface area contributed by atoms with E-state index in [9.17, 15) is 4.79 Å². The topological polar surface area (TPSA) is 83.6 Å². The SMILES string of the molecule is N[C@H](CCC(=O)O)CCc1ccc(O)cc1. The first-order valence-electron chi connectivity index (χ1n) is 5.33. The molecule has 1 aromatic carbocycles. The first-order chi connectivity index (χ1) is 7.58. The maximum Gasteiger partial charge on any atom is 0.303 e. The third kappa shape index (κ3) is 4.79. The van der Waals surface area contributed by atoms with E-state index in [1.54, 1.807) is 12.1 Å². The van der Waals surface area contributed by atoms with E-state index >= 15 is 0 Å². The zero-order valence-corrected chi connectivity index (χ0v) is 9.10. The van der Waals surface area contributed by atoms with Crippen molar-refractivity contribution in [1.82, 2.24) is 0 Å². The van der Waals surface area contributed by atoms with Gasteiger partial charge in [0.15, 0.2) is 0 Å². The molecule has 0 aliphatic carbocycles. The first kappa shape index (κ1) is 12.5. The Bertz CT molecular complexity index is 335. The quantitative estimate of drug-likeness (QED) is 0.682. The van der Waals surface area contributed by atoms with E-state index in [2.05, 4.69) is 0 Å². The van der Waals surface area contributed by atoms with Crippen LogP contribution in [0.3, 0.4) is 0 Å². The van der Waals surface area contributed by atoms with Crippen molar-refractivity contribution in [3.8, 4) is 5.75 Å². The third-order valence-electron chi connectivity index (χ3n) is 2.47. The zero-order chi connectivity index (χ0) is 12.0. The van der Waals surface area contributed by atoms with Gasteiger partial charge in [-0.15, -0.1) is 0 Å². The molecule has 4 N–H and O–H groups in total. The molecule has 0 fully saturated rings. The van der Waals surface area contributed by atoms with Gasteiger partial charge in [-0.25, -0.2) is 0 Å². The summed E-state index contributed by atoms with van der Waals surface area (Å²) in [6.07, 6.45) is 2.20. The number of nitrogens with two attached hydrogens (primary N) is 1. The monoisotopic (exact) mass is 223 g/mol. The number of carbonyl (C=O) groups is 1. The van der Waals surface area contributed by atoms with E-state index < -0.39 is 5.97 Å². The molecule has 0 aromatic heterocycles. The number of aromatic hydroxyl groups is 1. The highest BCUT2D eigenvalue weighted by Gasteiger charge is 2.06. The maximum atomic E-state index is 10.3. The van der Waals surface area contributed by atoms with Gasteiger partial charge in [-0.05, 0) is 37.0 Å². The third-order valence-corrected chi connectivity index (χ3v) is 2.47. The number of carboxylic acids is 1. The molecule has 0 spiro atoms. The van der Waals surface area contributed by atoms with Crippen LogP contribution in [-0.4, -0.2) is 22.2 Å². The fraction of sp³-hybridized carbons (Fsp3) is 0.417. The van der Waals surface area contributed by atoms with Crippen LogP contribution >= 0.6 is 0 Å². The van der Waals surface area contributed by atoms with Crippen molar-refractivity contribution in [3.63, 3.8) is 0 Å². The van der Waals surface area contributed by atoms with Crippen molar-refractivity contribution >= 4 is 5.97 Å². The predicted molar refractivity (Wildman–Crippen MR) is 61.3 cm³/mol. The Balaban J connectivity index is 2.28. The summed E-state index contributed by atoms with van der Waals surface area (Å²) in [6.45, 7) is 0. The number of phenols is 1. The molecular formula is C12H17NO3. The molecule has 88 valence electrons. The van der Waals surface area contributed by atoms with Crippen LogP contribution in [0.25, 0.3) is 0 Å². The number of hydrogen-bond acceptors (Lipinski definition) is 3. The molecule has 1 rings (SSSR count). The van der Waals surface area contributed by atoms with E-state index in [4.69, 9.17) is 15.9 Å². The Morgan fingerprint density at radius 2 is 1.88 bits per heavy atom. The van der Waals surface area contributed by atoms with E-state index in [1.807, 2.05) is 12.1 Å². The van der Waals surface area contributed by atoms with Gasteiger partial charge in [0, 0.05) is 12.5 Å². The molecule has 1 atom stereocenters. The summed E-state index contributed by atoms with van der Waals surface area (Å²) < 4.78 is 0. The lowest BCUT2D eigenvalue weighted by atomic mass is 10.0. The standard InChI is InChI=1S/C12H17NO3/c13-10(5-8-12(15)16)4-1-9-2-6-11(14)7-3-9/h2-3,6-7,10,14H,1,4-5,8,13H2,(H,15,16)/t10-/m0/s1. The van der Waals surface area contributed by atoms with Crippen molar-refractivity contribution in [3.05, 3.63) is 29.8 Å². The smallest absolute Gasteiger partial charge is 0.303 e. The van der Waals surface area contributed by atoms with E-state index in [0.29, 0.717) is 6.42 Å². The number of benzene rings is 1. The van der Waals surface area contributed by atoms with Gasteiger partial charge < -0.3 is 15.9 Å². The van der Waals surface area contributed by atoms with Crippen molar-refractivity contribution in [2.75, 3.05) is 0 Å². The first-order valence-corrected chi connectivity index (χ1v) is 5.33. The number of aryl methyl sites for hydroxylation is 1. The Hall–Kier alpha value is -1.55. The normalized spacial score (nSPS) is 12.3. The van der Waals surface area contributed by atoms with Crippen molar-refractivity contribution < 1.29 is 15.0 Å². The van der Waals surface area contributed by atoms with Crippen molar-refractivity contribution in [2.45, 2.75) is 31.7 Å². The fourth-order valence-electron chi connectivity index (χ4n) is 1.47. The van der Waals surface area contributed by atoms with Crippen LogP contribution in [-0.2, 0) is 11.2 Å². The van der Waals surface area contributed by atoms with Crippen molar-refractivity contribution in [2.24, 2.45) is 5.73 Å². The van der Waals surface area contributed by atoms with Crippen LogP contribution in [0.1, 0.15) is 24.8 Å². The van der Waals surface area contributed by atoms with Gasteiger partial charge in [-0.3, -0.25) is 4.79 Å². The molecule has 0 saturated heterocycles. The number of aliphatic carboxylic acids is 1. The summed E-state index contributed by atoms with van der Waals surface area (Å²) in [6, 6.07) is 6.89. The molecule has 0 bridgehead atoms. The van der Waals surface area contributed by atoms with Crippen LogP contribution in [0.5, 0.6) is 5.75 Å². The zero-order valence-electron chi connectivity index (χ0n) is 9.10. The molecule has 0 saturated carbocycles. The minimum atomic E-state index is -0.805. The molecule has 0 unspecified atom stereocenters. The fourth-order valence-corrected chi connectivity index (χ4v) is 1.47. The van der Waals surface area contributed by atoms with Crippen LogP contribution < -0.4 is 5.73 Å². The summed E-state index contributed by atoms with van der Waals surface area (Å²) in [5, 5.41) is 17.6. The van der Waals surface area contributed by atoms with Gasteiger partial charge in [0.1, 0.15) is 5.75 Å². The summed E-state index contributed by atoms with van der Waals surface area (Å²) in [5.74, 6) is -0.556. The van der Waals surface area contributed by atoms with Gasteiger partial charge in [-0.1, -0.05) is 12.1 Å². The minimum Gasteiger partial charge on any atom is -0.508 e. The second-order valence-electron chi connectivity index (χ2n) is 3.90. The van der Waals surface area contributed by atoms with Gasteiger partial charge in [0.05, 0.1) is 0 Å². The highest BCUT2D eigenvalue weighted by Crippen LogP contribution is 2.12. The summed E-state index contributed by atoms with van der Waals surface area (Å²) in [5.41, 5.74) is 6.89. The van der Waals surface area contributed by atoms with Crippen LogP contribution in [0, 0.1) is 0 Å². The lowest BCUT2D eigenvalue weighted by Crippen LogP contribution is -2.21. The lowest BCUT2D eigenvalue weighted by Gasteiger charge is -2.09. The molecule has 0 aliphatic rings. The summed E-state index contributed by atoms with van der Waals surface area (Å²) >= 11 is 0. The average molecular weight is 223 g/mol. The highest BCUT2D eigenvalue weighted by atomic mass is 16.4. The summed E-state index contributed by atoms with van der Waals surface area (Å²) in [7, 11) is 0. The molecule has 0 heterocycles. The van der Waals surface area contributed by atoms with E-state index in [0.717, 1.165) is 18.4 Å². The van der Waals surface area contributed by atoms with Gasteiger partial charge in [0.2, 0.25) is 0 Å². The molecule has 0 radical (unpaired) electrons. The van der Waals surface area contributed by atoms with E-state index in [1.165, 1.54) is 0 Å². The molecule has 16 heavy (non-hydrogen) atoms. The highest BCUT2D eigenvalue weighted by molar-refractivity contribution is 5.66. The number of carboxylic acid groups (broad SMARTS) is 1. The molecule has 0 amide bonds. The number of phenolic OH excluding ortho intramolecular Hbond substituents is 1. The number of hydrogen-bond donors (Lipinski definition) is 3. The molecule has 4 heteroatoms. The Kier molecular flexibility index (Phi) is 4.79. The van der Waals surface area contributed by atoms with Crippen molar-refractivity contribution in [1.29, 1.82) is 0 Å². The van der Waals surface area contributed by atoms with Crippen LogP contribution in [0.4, 0.5) is 0 Å². The van der Waals surface area contributed by atoms with Gasteiger partial charge >= 0.3 is 5.97 Å². The second kappa shape index (κ2) is 6.12.